The highest BCUT2D eigenvalue weighted by Crippen LogP contribution is 2.31. The molecule has 0 saturated carbocycles. The number of hydrogen-bond donors (Lipinski definition) is 1. The predicted octanol–water partition coefficient (Wildman–Crippen LogP) is 5.61. The van der Waals surface area contributed by atoms with Crippen molar-refractivity contribution >= 4 is 40.7 Å². The van der Waals surface area contributed by atoms with Gasteiger partial charge in [0.1, 0.15) is 11.3 Å². The number of carboxylic acids is 1. The van der Waals surface area contributed by atoms with E-state index < -0.39 is 11.6 Å². The molecule has 0 aliphatic rings. The zero-order chi connectivity index (χ0) is 22.9. The summed E-state index contributed by atoms with van der Waals surface area (Å²) in [5.41, 5.74) is 2.70. The van der Waals surface area contributed by atoms with Crippen LogP contribution in [0.5, 0.6) is 5.75 Å². The molecule has 31 heavy (non-hydrogen) atoms. The van der Waals surface area contributed by atoms with Gasteiger partial charge in [0.15, 0.2) is 22.9 Å². The fourth-order valence-electron chi connectivity index (χ4n) is 3.25. The third-order valence-corrected chi connectivity index (χ3v) is 5.65. The molecule has 3 rings (SSSR count). The summed E-state index contributed by atoms with van der Waals surface area (Å²) in [7, 11) is 0. The Bertz CT molecular complexity index is 1180. The molecular weight excluding hydrogens is 414 g/mol. The van der Waals surface area contributed by atoms with E-state index >= 15 is 0 Å². The molecule has 0 amide bonds. The minimum Gasteiger partial charge on any atom is -0.478 e. The van der Waals surface area contributed by atoms with Gasteiger partial charge >= 0.3 is 5.97 Å². The van der Waals surface area contributed by atoms with E-state index in [4.69, 9.17) is 9.15 Å². The summed E-state index contributed by atoms with van der Waals surface area (Å²) in [5, 5.41) is 9.32. The number of ether oxygens (including phenoxy) is 1. The van der Waals surface area contributed by atoms with E-state index in [0.29, 0.717) is 28.3 Å². The summed E-state index contributed by atoms with van der Waals surface area (Å²) in [5.74, 6) is -0.179. The van der Waals surface area contributed by atoms with E-state index in [9.17, 15) is 14.7 Å². The molecule has 2 aromatic carbocycles. The van der Waals surface area contributed by atoms with E-state index in [-0.39, 0.29) is 5.78 Å². The monoisotopic (exact) mass is 439 g/mol. The van der Waals surface area contributed by atoms with Gasteiger partial charge in [0.2, 0.25) is 0 Å². The van der Waals surface area contributed by atoms with Gasteiger partial charge in [-0.3, -0.25) is 4.79 Å². The minimum atomic E-state index is -1.34. The van der Waals surface area contributed by atoms with Crippen LogP contribution in [0.25, 0.3) is 17.2 Å². The number of nitrogens with zero attached hydrogens (tertiary/aromatic N) is 1. The normalized spacial score (nSPS) is 11.9. The summed E-state index contributed by atoms with van der Waals surface area (Å²) >= 11 is 1.55. The fraction of sp³-hybridized carbons (Fsp3) is 0.292. The third kappa shape index (κ3) is 4.66. The number of carboxylic acid groups (broad SMARTS) is 1. The van der Waals surface area contributed by atoms with Gasteiger partial charge in [0, 0.05) is 11.8 Å². The first-order valence-corrected chi connectivity index (χ1v) is 11.0. The van der Waals surface area contributed by atoms with E-state index in [1.165, 1.54) is 19.9 Å². The second-order valence-electron chi connectivity index (χ2n) is 7.82. The van der Waals surface area contributed by atoms with Gasteiger partial charge in [-0.1, -0.05) is 6.08 Å². The van der Waals surface area contributed by atoms with Crippen molar-refractivity contribution in [2.24, 2.45) is 0 Å². The van der Waals surface area contributed by atoms with E-state index in [1.54, 1.807) is 30.8 Å². The molecule has 0 unspecified atom stereocenters. The summed E-state index contributed by atoms with van der Waals surface area (Å²) in [4.78, 5) is 29.6. The van der Waals surface area contributed by atoms with Gasteiger partial charge in [-0.2, -0.15) is 0 Å². The van der Waals surface area contributed by atoms with E-state index in [0.717, 1.165) is 21.6 Å². The minimum absolute atomic E-state index is 0.184. The molecule has 1 aromatic heterocycles. The summed E-state index contributed by atoms with van der Waals surface area (Å²) in [6, 6.07) is 7.34. The molecule has 3 aromatic rings. The molecule has 1 heterocycles. The van der Waals surface area contributed by atoms with Gasteiger partial charge in [-0.25, -0.2) is 9.78 Å². The highest BCUT2D eigenvalue weighted by Gasteiger charge is 2.30. The standard InChI is InChI=1S/C24H25NO5S/c1-13-11-16(12-14(2)21(13)30-24(4,5)23(27)28)7-9-18(26)17-8-10-19(31-6)20-22(17)29-15(3)25-20/h7-12H,1-6H3,(H,27,28). The number of oxazole rings is 1. The van der Waals surface area contributed by atoms with Crippen LogP contribution in [0.15, 0.2) is 39.7 Å². The molecule has 0 aliphatic heterocycles. The SMILES string of the molecule is CSc1ccc(C(=O)C=Cc2cc(C)c(OC(C)(C)C(=O)O)c(C)c2)c2oc(C)nc12. The summed E-state index contributed by atoms with van der Waals surface area (Å²) in [6.45, 7) is 8.47. The number of rotatable bonds is 7. The zero-order valence-corrected chi connectivity index (χ0v) is 19.2. The van der Waals surface area contributed by atoms with E-state index in [2.05, 4.69) is 4.98 Å². The Kier molecular flexibility index (Phi) is 6.27. The first-order valence-electron chi connectivity index (χ1n) is 9.73. The first kappa shape index (κ1) is 22.6. The Hall–Kier alpha value is -3.06. The Labute approximate surface area is 185 Å². The quantitative estimate of drug-likeness (QED) is 0.291. The third-order valence-electron chi connectivity index (χ3n) is 4.88. The van der Waals surface area contributed by atoms with Crippen molar-refractivity contribution in [2.45, 2.75) is 45.1 Å². The van der Waals surface area contributed by atoms with Gasteiger partial charge in [0.25, 0.3) is 0 Å². The highest BCUT2D eigenvalue weighted by molar-refractivity contribution is 7.98. The number of allylic oxidation sites excluding steroid dienone is 1. The molecule has 0 spiro atoms. The smallest absolute Gasteiger partial charge is 0.347 e. The van der Waals surface area contributed by atoms with Crippen molar-refractivity contribution in [1.29, 1.82) is 0 Å². The lowest BCUT2D eigenvalue weighted by molar-refractivity contribution is -0.152. The molecule has 0 aliphatic carbocycles. The van der Waals surface area contributed by atoms with Crippen LogP contribution in [0.3, 0.4) is 0 Å². The molecule has 0 fully saturated rings. The van der Waals surface area contributed by atoms with Crippen LogP contribution in [0.4, 0.5) is 0 Å². The molecule has 6 nitrogen and oxygen atoms in total. The highest BCUT2D eigenvalue weighted by atomic mass is 32.2. The molecule has 0 saturated heterocycles. The summed E-state index contributed by atoms with van der Waals surface area (Å²) < 4.78 is 11.4. The molecule has 162 valence electrons. The second kappa shape index (κ2) is 8.59. The Morgan fingerprint density at radius 1 is 1.16 bits per heavy atom. The number of aliphatic carboxylic acids is 1. The van der Waals surface area contributed by atoms with Crippen LogP contribution < -0.4 is 4.74 Å². The van der Waals surface area contributed by atoms with Crippen molar-refractivity contribution in [3.8, 4) is 5.75 Å². The molecular formula is C24H25NO5S. The largest absolute Gasteiger partial charge is 0.478 e. The maximum Gasteiger partial charge on any atom is 0.347 e. The maximum atomic E-state index is 12.9. The molecule has 0 radical (unpaired) electrons. The average molecular weight is 440 g/mol. The van der Waals surface area contributed by atoms with Crippen LogP contribution in [0, 0.1) is 20.8 Å². The molecule has 7 heteroatoms. The topological polar surface area (TPSA) is 89.6 Å². The lowest BCUT2D eigenvalue weighted by atomic mass is 10.0. The number of ketones is 1. The predicted molar refractivity (Wildman–Crippen MR) is 122 cm³/mol. The Morgan fingerprint density at radius 2 is 1.81 bits per heavy atom. The van der Waals surface area contributed by atoms with Crippen LogP contribution in [0.1, 0.15) is 46.8 Å². The maximum absolute atomic E-state index is 12.9. The van der Waals surface area contributed by atoms with Crippen LogP contribution >= 0.6 is 11.8 Å². The van der Waals surface area contributed by atoms with Crippen molar-refractivity contribution in [3.05, 3.63) is 58.5 Å². The van der Waals surface area contributed by atoms with Crippen molar-refractivity contribution in [2.75, 3.05) is 6.26 Å². The van der Waals surface area contributed by atoms with Crippen LogP contribution in [-0.2, 0) is 4.79 Å². The number of hydrogen-bond acceptors (Lipinski definition) is 6. The van der Waals surface area contributed by atoms with Crippen molar-refractivity contribution in [1.82, 2.24) is 4.98 Å². The van der Waals surface area contributed by atoms with Crippen molar-refractivity contribution in [3.63, 3.8) is 0 Å². The van der Waals surface area contributed by atoms with Gasteiger partial charge in [-0.15, -0.1) is 11.8 Å². The number of thioether (sulfide) groups is 1. The van der Waals surface area contributed by atoms with Gasteiger partial charge in [-0.05, 0) is 81.0 Å². The number of fused-ring (bicyclic) bond motifs is 1. The summed E-state index contributed by atoms with van der Waals surface area (Å²) in [6.07, 6.45) is 5.18. The van der Waals surface area contributed by atoms with Crippen LogP contribution in [-0.4, -0.2) is 33.7 Å². The van der Waals surface area contributed by atoms with Crippen molar-refractivity contribution < 1.29 is 23.8 Å². The number of carbonyl (C=O) groups excluding carboxylic acids is 1. The zero-order valence-electron chi connectivity index (χ0n) is 18.4. The number of aromatic nitrogens is 1. The lowest BCUT2D eigenvalue weighted by Gasteiger charge is -2.24. The molecule has 1 N–H and O–H groups in total. The number of benzene rings is 2. The Morgan fingerprint density at radius 3 is 2.39 bits per heavy atom. The first-order chi connectivity index (χ1) is 14.5. The second-order valence-corrected chi connectivity index (χ2v) is 8.67. The molecule has 0 atom stereocenters. The molecule has 0 bridgehead atoms. The number of aryl methyl sites for hydroxylation is 3. The average Bonchev–Trinajstić information content (AvgIpc) is 3.09. The van der Waals surface area contributed by atoms with E-state index in [1.807, 2.05) is 38.3 Å². The fourth-order valence-corrected chi connectivity index (χ4v) is 3.79. The van der Waals surface area contributed by atoms with Crippen LogP contribution in [0.2, 0.25) is 0 Å². The van der Waals surface area contributed by atoms with Gasteiger partial charge in [0.05, 0.1) is 5.56 Å². The Balaban J connectivity index is 1.90. The van der Waals surface area contributed by atoms with Gasteiger partial charge < -0.3 is 14.3 Å². The number of carbonyl (C=O) groups is 2. The lowest BCUT2D eigenvalue weighted by Crippen LogP contribution is -2.38.